The molecule has 2 saturated carbocycles. The summed E-state index contributed by atoms with van der Waals surface area (Å²) in [7, 11) is 0. The Morgan fingerprint density at radius 2 is 2.00 bits per heavy atom. The van der Waals surface area contributed by atoms with Crippen LogP contribution in [0.5, 0.6) is 0 Å². The van der Waals surface area contributed by atoms with Gasteiger partial charge in [0.2, 0.25) is 0 Å². The molecule has 138 valence electrons. The summed E-state index contributed by atoms with van der Waals surface area (Å²) in [4.78, 5) is 11.7. The van der Waals surface area contributed by atoms with Crippen LogP contribution >= 0.6 is 0 Å². The van der Waals surface area contributed by atoms with Gasteiger partial charge in [0, 0.05) is 30.8 Å². The molecule has 0 amide bonds. The summed E-state index contributed by atoms with van der Waals surface area (Å²) in [5.41, 5.74) is -1.44. The molecule has 5 heteroatoms. The van der Waals surface area contributed by atoms with Crippen LogP contribution in [-0.4, -0.2) is 42.3 Å². The van der Waals surface area contributed by atoms with E-state index < -0.39 is 11.9 Å². The maximum atomic E-state index is 12.1. The van der Waals surface area contributed by atoms with E-state index >= 15 is 0 Å². The highest BCUT2D eigenvalue weighted by Gasteiger charge is 2.75. The molecule has 0 spiro atoms. The molecule has 0 radical (unpaired) electrons. The maximum Gasteiger partial charge on any atom is 0.302 e. The molecule has 0 unspecified atom stereocenters. The van der Waals surface area contributed by atoms with E-state index in [2.05, 4.69) is 27.7 Å². The Morgan fingerprint density at radius 3 is 2.58 bits per heavy atom. The third-order valence-corrected chi connectivity index (χ3v) is 6.73. The molecule has 1 heterocycles. The van der Waals surface area contributed by atoms with Crippen LogP contribution in [0.1, 0.15) is 54.4 Å². The number of hydrogen-bond acceptors (Lipinski definition) is 5. The first kappa shape index (κ1) is 18.2. The number of carbonyl (C=O) groups excluding carboxylic acids is 1. The summed E-state index contributed by atoms with van der Waals surface area (Å²) < 4.78 is 17.6. The van der Waals surface area contributed by atoms with Crippen molar-refractivity contribution in [2.45, 2.75) is 72.4 Å². The van der Waals surface area contributed by atoms with Gasteiger partial charge in [0.25, 0.3) is 0 Å². The molecule has 24 heavy (non-hydrogen) atoms. The lowest BCUT2D eigenvalue weighted by Gasteiger charge is -2.59. The molecular weight excluding hydrogens is 308 g/mol. The van der Waals surface area contributed by atoms with Crippen molar-refractivity contribution in [1.29, 1.82) is 0 Å². The Bertz CT molecular complexity index is 518. The number of carbonyl (C=O) groups is 1. The fraction of sp³-hybridized carbons (Fsp3) is 0.947. The van der Waals surface area contributed by atoms with Gasteiger partial charge in [0.15, 0.2) is 6.29 Å². The lowest BCUT2D eigenvalue weighted by Crippen LogP contribution is -2.69. The van der Waals surface area contributed by atoms with Crippen LogP contribution < -0.4 is 0 Å². The molecule has 2 aliphatic carbocycles. The first-order chi connectivity index (χ1) is 11.1. The van der Waals surface area contributed by atoms with Gasteiger partial charge >= 0.3 is 5.97 Å². The van der Waals surface area contributed by atoms with Gasteiger partial charge < -0.3 is 19.3 Å². The van der Waals surface area contributed by atoms with E-state index in [1.807, 2.05) is 6.92 Å². The summed E-state index contributed by atoms with van der Waals surface area (Å²) in [6.07, 6.45) is 0.943. The largest absolute Gasteiger partial charge is 0.462 e. The normalized spacial score (nSPS) is 49.5. The standard InChI is InChI=1S/C19H32O5/c1-7-22-16-14-11(2)8-13(24-12(3)20)15-17(4,5)9-18(6,10-23-16)19(14,15)21/h11,13-16,21H,7-10H2,1-6H3/t11-,13+,14-,15+,16+,18-,19-/m1/s1. The first-order valence-corrected chi connectivity index (χ1v) is 9.19. The van der Waals surface area contributed by atoms with Crippen molar-refractivity contribution < 1.29 is 24.1 Å². The summed E-state index contributed by atoms with van der Waals surface area (Å²) in [6, 6.07) is 0. The minimum Gasteiger partial charge on any atom is -0.462 e. The van der Waals surface area contributed by atoms with E-state index in [0.29, 0.717) is 13.2 Å². The number of rotatable bonds is 3. The molecule has 0 aromatic carbocycles. The predicted molar refractivity (Wildman–Crippen MR) is 89.1 cm³/mol. The van der Waals surface area contributed by atoms with Crippen LogP contribution in [0.4, 0.5) is 0 Å². The Balaban J connectivity index is 2.08. The first-order valence-electron chi connectivity index (χ1n) is 9.19. The molecule has 1 saturated heterocycles. The van der Waals surface area contributed by atoms with Crippen molar-refractivity contribution in [2.24, 2.45) is 28.6 Å². The summed E-state index contributed by atoms with van der Waals surface area (Å²) in [5.74, 6) is -0.325. The summed E-state index contributed by atoms with van der Waals surface area (Å²) in [5, 5.41) is 12.1. The number of ether oxygens (including phenoxy) is 3. The highest BCUT2D eigenvalue weighted by molar-refractivity contribution is 5.66. The van der Waals surface area contributed by atoms with E-state index in [1.54, 1.807) is 0 Å². The molecule has 5 nitrogen and oxygen atoms in total. The number of aliphatic hydroxyl groups is 1. The zero-order valence-electron chi connectivity index (χ0n) is 15.8. The molecule has 0 aromatic heterocycles. The second-order valence-corrected chi connectivity index (χ2v) is 9.05. The molecule has 3 rings (SSSR count). The molecule has 1 N–H and O–H groups in total. The minimum atomic E-state index is -0.952. The van der Waals surface area contributed by atoms with Crippen molar-refractivity contribution in [2.75, 3.05) is 13.2 Å². The molecule has 3 fully saturated rings. The van der Waals surface area contributed by atoms with Gasteiger partial charge in [0.05, 0.1) is 12.2 Å². The predicted octanol–water partition coefficient (Wildman–Crippen LogP) is 2.75. The second-order valence-electron chi connectivity index (χ2n) is 9.05. The number of esters is 1. The molecule has 3 aliphatic rings. The lowest BCUT2D eigenvalue weighted by atomic mass is 9.54. The van der Waals surface area contributed by atoms with Gasteiger partial charge in [-0.2, -0.15) is 0 Å². The van der Waals surface area contributed by atoms with Crippen LogP contribution in [0.25, 0.3) is 0 Å². The van der Waals surface area contributed by atoms with Crippen molar-refractivity contribution >= 4 is 5.97 Å². The zero-order chi connectivity index (χ0) is 17.9. The molecular formula is C19H32O5. The lowest BCUT2D eigenvalue weighted by molar-refractivity contribution is -0.328. The zero-order valence-corrected chi connectivity index (χ0v) is 15.8. The van der Waals surface area contributed by atoms with Crippen molar-refractivity contribution in [3.63, 3.8) is 0 Å². The highest BCUT2D eigenvalue weighted by atomic mass is 16.7. The van der Waals surface area contributed by atoms with Gasteiger partial charge in [-0.1, -0.05) is 27.7 Å². The Hall–Kier alpha value is -0.650. The van der Waals surface area contributed by atoms with Gasteiger partial charge in [0.1, 0.15) is 6.10 Å². The van der Waals surface area contributed by atoms with Crippen LogP contribution in [0.2, 0.25) is 0 Å². The van der Waals surface area contributed by atoms with Gasteiger partial charge in [-0.3, -0.25) is 4.79 Å². The smallest absolute Gasteiger partial charge is 0.302 e. The third-order valence-electron chi connectivity index (χ3n) is 6.73. The Labute approximate surface area is 145 Å². The maximum absolute atomic E-state index is 12.1. The fourth-order valence-electron chi connectivity index (χ4n) is 6.36. The average molecular weight is 340 g/mol. The Morgan fingerprint density at radius 1 is 1.33 bits per heavy atom. The van der Waals surface area contributed by atoms with Gasteiger partial charge in [-0.05, 0) is 31.1 Å². The van der Waals surface area contributed by atoms with Crippen molar-refractivity contribution in [3.05, 3.63) is 0 Å². The van der Waals surface area contributed by atoms with E-state index in [1.165, 1.54) is 6.92 Å². The highest BCUT2D eigenvalue weighted by Crippen LogP contribution is 2.69. The Kier molecular flexibility index (Phi) is 4.30. The monoisotopic (exact) mass is 340 g/mol. The second kappa shape index (κ2) is 5.68. The quantitative estimate of drug-likeness (QED) is 0.800. The van der Waals surface area contributed by atoms with E-state index in [9.17, 15) is 9.90 Å². The average Bonchev–Trinajstić information content (AvgIpc) is 2.58. The van der Waals surface area contributed by atoms with Crippen LogP contribution in [-0.2, 0) is 19.0 Å². The minimum absolute atomic E-state index is 0.102. The molecule has 0 aromatic rings. The summed E-state index contributed by atoms with van der Waals surface area (Å²) in [6.45, 7) is 13.0. The third kappa shape index (κ3) is 2.35. The van der Waals surface area contributed by atoms with E-state index in [-0.39, 0.29) is 40.7 Å². The molecule has 1 aliphatic heterocycles. The topological polar surface area (TPSA) is 65.0 Å². The van der Waals surface area contributed by atoms with E-state index in [0.717, 1.165) is 12.8 Å². The van der Waals surface area contributed by atoms with Gasteiger partial charge in [-0.15, -0.1) is 0 Å². The number of hydrogen-bond donors (Lipinski definition) is 1. The molecule has 7 atom stereocenters. The van der Waals surface area contributed by atoms with Crippen molar-refractivity contribution in [3.8, 4) is 0 Å². The fourth-order valence-corrected chi connectivity index (χ4v) is 6.36. The van der Waals surface area contributed by atoms with Crippen molar-refractivity contribution in [1.82, 2.24) is 0 Å². The van der Waals surface area contributed by atoms with Crippen LogP contribution in [0.15, 0.2) is 0 Å². The van der Waals surface area contributed by atoms with Gasteiger partial charge in [-0.25, -0.2) is 0 Å². The SMILES string of the molecule is CCO[C@H]1OC[C@@]2(C)CC(C)(C)[C@@H]3[C@@H](OC(C)=O)C[C@@H](C)[C@H]1[C@@]32O. The van der Waals surface area contributed by atoms with Crippen LogP contribution in [0.3, 0.4) is 0 Å². The van der Waals surface area contributed by atoms with Crippen LogP contribution in [0, 0.1) is 28.6 Å². The van der Waals surface area contributed by atoms with E-state index in [4.69, 9.17) is 14.2 Å². The molecule has 0 bridgehead atoms. The summed E-state index contributed by atoms with van der Waals surface area (Å²) >= 11 is 0.